The summed E-state index contributed by atoms with van der Waals surface area (Å²) in [5.41, 5.74) is 12.1. The highest BCUT2D eigenvalue weighted by Crippen LogP contribution is 2.49. The number of hydrogen-bond acceptors (Lipinski definition) is 3. The first kappa shape index (κ1) is 20.1. The maximum atomic E-state index is 6.70. The lowest BCUT2D eigenvalue weighted by atomic mass is 10.2. The molecular formula is C27H24N4S. The Bertz CT molecular complexity index is 1370. The second kappa shape index (κ2) is 8.36. The molecule has 158 valence electrons. The molecule has 0 aliphatic carbocycles. The fourth-order valence-electron chi connectivity index (χ4n) is 4.00. The van der Waals surface area contributed by atoms with Crippen LogP contribution in [0, 0.1) is 0 Å². The van der Waals surface area contributed by atoms with Crippen molar-refractivity contribution in [2.45, 2.75) is 6.92 Å². The number of nitrogens with zero attached hydrogens (tertiary/aromatic N) is 3. The molecule has 3 aromatic carbocycles. The van der Waals surface area contributed by atoms with Crippen LogP contribution in [0.4, 0.5) is 0 Å². The Morgan fingerprint density at radius 3 is 1.91 bits per heavy atom. The number of aromatic nitrogens is 2. The maximum absolute atomic E-state index is 6.70. The molecule has 0 radical (unpaired) electrons. The summed E-state index contributed by atoms with van der Waals surface area (Å²) in [4.78, 5) is 5.97. The number of rotatable bonds is 4. The summed E-state index contributed by atoms with van der Waals surface area (Å²) in [5.74, 6) is 0. The number of hydrogen-bond donors (Lipinski definition) is 1. The number of nitrogens with two attached hydrogens (primary N) is 1. The molecule has 1 aliphatic heterocycles. The lowest BCUT2D eigenvalue weighted by Crippen LogP contribution is -2.13. The molecule has 0 saturated carbocycles. The van der Waals surface area contributed by atoms with Gasteiger partial charge in [0.15, 0.2) is 5.17 Å². The molecule has 2 heterocycles. The van der Waals surface area contributed by atoms with Crippen molar-refractivity contribution >= 4 is 30.0 Å². The lowest BCUT2D eigenvalue weighted by Gasteiger charge is -2.19. The van der Waals surface area contributed by atoms with E-state index in [9.17, 15) is 0 Å². The van der Waals surface area contributed by atoms with E-state index in [1.54, 1.807) is 6.20 Å². The first-order chi connectivity index (χ1) is 15.7. The number of allylic oxidation sites excluding steroid dienone is 1. The second-order valence-corrected chi connectivity index (χ2v) is 10.3. The monoisotopic (exact) mass is 436 g/mol. The number of amidine groups is 1. The van der Waals surface area contributed by atoms with Crippen molar-refractivity contribution in [1.82, 2.24) is 9.78 Å². The Labute approximate surface area is 188 Å². The van der Waals surface area contributed by atoms with Gasteiger partial charge in [0.1, 0.15) is 0 Å². The SMILES string of the molecule is CC1=C(c2ccc(-n3cccn3)cc2)S(=Cc2ccccc2)(=Cc2ccccc2)C(N)=N1. The van der Waals surface area contributed by atoms with Gasteiger partial charge in [0.25, 0.3) is 0 Å². The summed E-state index contributed by atoms with van der Waals surface area (Å²) in [5, 5.41) is 9.59. The topological polar surface area (TPSA) is 56.2 Å². The zero-order valence-corrected chi connectivity index (χ0v) is 18.6. The molecule has 2 N–H and O–H groups in total. The van der Waals surface area contributed by atoms with Crippen molar-refractivity contribution in [2.75, 3.05) is 0 Å². The third kappa shape index (κ3) is 3.67. The summed E-state index contributed by atoms with van der Waals surface area (Å²) in [7, 11) is -1.82. The molecule has 0 fully saturated rings. The molecule has 0 bridgehead atoms. The van der Waals surface area contributed by atoms with Crippen molar-refractivity contribution in [1.29, 1.82) is 0 Å². The van der Waals surface area contributed by atoms with Crippen LogP contribution in [-0.2, 0) is 0 Å². The average molecular weight is 437 g/mol. The molecule has 4 aromatic rings. The van der Waals surface area contributed by atoms with Gasteiger partial charge >= 0.3 is 0 Å². The van der Waals surface area contributed by atoms with E-state index >= 15 is 0 Å². The van der Waals surface area contributed by atoms with Crippen LogP contribution in [0.1, 0.15) is 23.6 Å². The van der Waals surface area contributed by atoms with Crippen molar-refractivity contribution in [3.8, 4) is 5.69 Å². The summed E-state index contributed by atoms with van der Waals surface area (Å²) in [6, 6.07) is 31.1. The van der Waals surface area contributed by atoms with E-state index < -0.39 is 9.21 Å². The fraction of sp³-hybridized carbons (Fsp3) is 0.0370. The van der Waals surface area contributed by atoms with Crippen LogP contribution < -0.4 is 5.73 Å². The molecule has 0 spiro atoms. The summed E-state index contributed by atoms with van der Waals surface area (Å²) >= 11 is 0. The zero-order chi connectivity index (χ0) is 22.0. The Hall–Kier alpha value is -3.83. The van der Waals surface area contributed by atoms with Gasteiger partial charge in [0.2, 0.25) is 0 Å². The van der Waals surface area contributed by atoms with Crippen LogP contribution in [-0.4, -0.2) is 25.7 Å². The van der Waals surface area contributed by atoms with Crippen molar-refractivity contribution < 1.29 is 0 Å². The first-order valence-corrected chi connectivity index (χ1v) is 12.2. The minimum absolute atomic E-state index is 0.661. The van der Waals surface area contributed by atoms with Crippen molar-refractivity contribution in [2.24, 2.45) is 10.7 Å². The lowest BCUT2D eigenvalue weighted by molar-refractivity contribution is 0.880. The predicted octanol–water partition coefficient (Wildman–Crippen LogP) is 5.39. The Kier molecular flexibility index (Phi) is 5.25. The summed E-state index contributed by atoms with van der Waals surface area (Å²) in [6.07, 6.45) is 3.73. The standard InChI is InChI=1S/C27H24N4S/c1-21-26(24-13-15-25(16-14-24)31-18-8-17-29-31)32(27(28)30-21,19-22-9-4-2-5-10-22)20-23-11-6-3-7-12-23/h2-20H,1H3,(H2,28,30). The van der Waals surface area contributed by atoms with E-state index in [-0.39, 0.29) is 0 Å². The van der Waals surface area contributed by atoms with Gasteiger partial charge in [-0.3, -0.25) is 0 Å². The minimum atomic E-state index is -1.82. The van der Waals surface area contributed by atoms with Gasteiger partial charge in [0, 0.05) is 17.3 Å². The van der Waals surface area contributed by atoms with Gasteiger partial charge in [-0.15, -0.1) is 9.21 Å². The van der Waals surface area contributed by atoms with Gasteiger partial charge in [-0.1, -0.05) is 72.8 Å². The molecule has 32 heavy (non-hydrogen) atoms. The second-order valence-electron chi connectivity index (χ2n) is 7.63. The Morgan fingerprint density at radius 1 is 0.781 bits per heavy atom. The van der Waals surface area contributed by atoms with Crippen LogP contribution >= 0.6 is 9.21 Å². The number of benzene rings is 3. The fourth-order valence-corrected chi connectivity index (χ4v) is 7.27. The van der Waals surface area contributed by atoms with Gasteiger partial charge in [-0.2, -0.15) is 5.10 Å². The molecule has 0 atom stereocenters. The number of aliphatic imine (C=N–C) groups is 1. The molecule has 5 heteroatoms. The van der Waals surface area contributed by atoms with Crippen molar-refractivity contribution in [3.05, 3.63) is 126 Å². The van der Waals surface area contributed by atoms with Gasteiger partial charge in [0.05, 0.1) is 11.4 Å². The van der Waals surface area contributed by atoms with E-state index in [1.165, 1.54) is 4.91 Å². The van der Waals surface area contributed by atoms with E-state index in [4.69, 9.17) is 10.7 Å². The Morgan fingerprint density at radius 2 is 1.38 bits per heavy atom. The maximum Gasteiger partial charge on any atom is 0.152 e. The van der Waals surface area contributed by atoms with Crippen LogP contribution in [0.3, 0.4) is 0 Å². The highest BCUT2D eigenvalue weighted by Gasteiger charge is 2.25. The predicted molar refractivity (Wildman–Crippen MR) is 139 cm³/mol. The van der Waals surface area contributed by atoms with Crippen LogP contribution in [0.2, 0.25) is 0 Å². The Balaban J connectivity index is 1.74. The summed E-state index contributed by atoms with van der Waals surface area (Å²) < 4.78 is 1.86. The largest absolute Gasteiger partial charge is 0.379 e. The molecule has 5 rings (SSSR count). The molecule has 0 saturated heterocycles. The average Bonchev–Trinajstić information content (AvgIpc) is 3.43. The summed E-state index contributed by atoms with van der Waals surface area (Å²) in [6.45, 7) is 2.05. The quantitative estimate of drug-likeness (QED) is 0.436. The normalized spacial score (nSPS) is 14.8. The molecule has 0 amide bonds. The molecule has 0 unspecified atom stereocenters. The highest BCUT2D eigenvalue weighted by atomic mass is 32.2. The molecule has 4 nitrogen and oxygen atoms in total. The zero-order valence-electron chi connectivity index (χ0n) is 17.8. The highest BCUT2D eigenvalue weighted by molar-refractivity contribution is 8.47. The minimum Gasteiger partial charge on any atom is -0.379 e. The smallest absolute Gasteiger partial charge is 0.152 e. The molecule has 1 aromatic heterocycles. The van der Waals surface area contributed by atoms with E-state index in [1.807, 2.05) is 29.1 Å². The van der Waals surface area contributed by atoms with Gasteiger partial charge < -0.3 is 5.73 Å². The van der Waals surface area contributed by atoms with Crippen LogP contribution in [0.25, 0.3) is 10.6 Å². The van der Waals surface area contributed by atoms with E-state index in [2.05, 4.69) is 95.6 Å². The third-order valence-electron chi connectivity index (χ3n) is 5.43. The van der Waals surface area contributed by atoms with Crippen LogP contribution in [0.15, 0.2) is 114 Å². The van der Waals surface area contributed by atoms with Crippen molar-refractivity contribution in [3.63, 3.8) is 0 Å². The first-order valence-electron chi connectivity index (χ1n) is 10.4. The van der Waals surface area contributed by atoms with E-state index in [0.717, 1.165) is 28.1 Å². The van der Waals surface area contributed by atoms with Crippen LogP contribution in [0.5, 0.6) is 0 Å². The van der Waals surface area contributed by atoms with Gasteiger partial charge in [-0.25, -0.2) is 9.67 Å². The molecular weight excluding hydrogens is 412 g/mol. The van der Waals surface area contributed by atoms with E-state index in [0.29, 0.717) is 5.17 Å². The van der Waals surface area contributed by atoms with Gasteiger partial charge in [-0.05, 0) is 52.5 Å². The molecule has 1 aliphatic rings. The third-order valence-corrected chi connectivity index (χ3v) is 8.71.